The molecule has 140 valence electrons. The molecule has 0 atom stereocenters. The minimum Gasteiger partial charge on any atom is -0.481 e. The van der Waals surface area contributed by atoms with Crippen molar-refractivity contribution in [2.24, 2.45) is 0 Å². The van der Waals surface area contributed by atoms with Gasteiger partial charge in [0.05, 0.1) is 5.69 Å². The Morgan fingerprint density at radius 2 is 1.83 bits per heavy atom. The number of carbonyl (C=O) groups is 1. The van der Waals surface area contributed by atoms with Crippen molar-refractivity contribution in [3.63, 3.8) is 0 Å². The summed E-state index contributed by atoms with van der Waals surface area (Å²) in [5, 5.41) is 18.3. The molecule has 0 unspecified atom stereocenters. The maximum Gasteiger partial charge on any atom is 0.303 e. The van der Waals surface area contributed by atoms with E-state index in [1.165, 1.54) is 12.8 Å². The molecule has 0 aromatic carbocycles. The summed E-state index contributed by atoms with van der Waals surface area (Å²) >= 11 is 0. The molecule has 0 spiro atoms. The molecule has 1 fully saturated rings. The normalized spacial score (nSPS) is 16.0. The molecule has 1 aliphatic heterocycles. The summed E-state index contributed by atoms with van der Waals surface area (Å²) < 4.78 is 0. The smallest absolute Gasteiger partial charge is 0.303 e. The second-order valence-electron chi connectivity index (χ2n) is 5.69. The number of likely N-dealkylation sites (tertiary alicyclic amines) is 1. The number of aromatic nitrogens is 1. The van der Waals surface area contributed by atoms with Crippen molar-refractivity contribution in [3.8, 4) is 0 Å². The van der Waals surface area contributed by atoms with Crippen molar-refractivity contribution in [1.29, 1.82) is 0 Å². The average molecular weight is 381 g/mol. The molecule has 1 aliphatic rings. The standard InChI is InChI=1S/C14H22N2O.C3H6O2.2ClH/c1-2-3-10-16-11-7-14(17,8-12-16)13-6-4-5-9-15-13;1-2-3(4)5;;/h4-6,9,17H,2-3,7-8,10-12H2,1H3;2H2,1H3,(H,4,5);2*1H. The lowest BCUT2D eigenvalue weighted by molar-refractivity contribution is -0.136. The summed E-state index contributed by atoms with van der Waals surface area (Å²) in [6.45, 7) is 6.94. The first kappa shape index (κ1) is 25.4. The number of pyridine rings is 1. The molecular formula is C17H30Cl2N2O3. The molecule has 5 nitrogen and oxygen atoms in total. The monoisotopic (exact) mass is 380 g/mol. The van der Waals surface area contributed by atoms with Gasteiger partial charge in [-0.1, -0.05) is 26.3 Å². The van der Waals surface area contributed by atoms with E-state index in [2.05, 4.69) is 16.8 Å². The quantitative estimate of drug-likeness (QED) is 0.817. The van der Waals surface area contributed by atoms with Gasteiger partial charge in [0.1, 0.15) is 5.60 Å². The van der Waals surface area contributed by atoms with Gasteiger partial charge in [-0.05, 0) is 37.9 Å². The highest BCUT2D eigenvalue weighted by molar-refractivity contribution is 5.85. The fourth-order valence-corrected chi connectivity index (χ4v) is 2.42. The Morgan fingerprint density at radius 1 is 1.25 bits per heavy atom. The highest BCUT2D eigenvalue weighted by Gasteiger charge is 2.34. The van der Waals surface area contributed by atoms with Crippen LogP contribution < -0.4 is 0 Å². The molecule has 1 aromatic rings. The number of nitrogens with zero attached hydrogens (tertiary/aromatic N) is 2. The Bertz CT molecular complexity index is 439. The van der Waals surface area contributed by atoms with Gasteiger partial charge in [0.15, 0.2) is 0 Å². The third-order valence-corrected chi connectivity index (χ3v) is 3.96. The van der Waals surface area contributed by atoms with Gasteiger partial charge in [0.25, 0.3) is 0 Å². The predicted molar refractivity (Wildman–Crippen MR) is 101 cm³/mol. The van der Waals surface area contributed by atoms with Gasteiger partial charge in [0, 0.05) is 25.7 Å². The van der Waals surface area contributed by atoms with Crippen LogP contribution >= 0.6 is 24.8 Å². The maximum atomic E-state index is 10.6. The van der Waals surface area contributed by atoms with E-state index in [1.807, 2.05) is 18.2 Å². The average Bonchev–Trinajstić information content (AvgIpc) is 2.56. The van der Waals surface area contributed by atoms with Gasteiger partial charge >= 0.3 is 5.97 Å². The summed E-state index contributed by atoms with van der Waals surface area (Å²) in [4.78, 5) is 16.1. The topological polar surface area (TPSA) is 73.7 Å². The number of hydrogen-bond donors (Lipinski definition) is 2. The first-order valence-corrected chi connectivity index (χ1v) is 8.10. The number of carboxylic acid groups (broad SMARTS) is 1. The number of aliphatic carboxylic acids is 1. The molecule has 2 heterocycles. The molecule has 0 saturated carbocycles. The zero-order valence-electron chi connectivity index (χ0n) is 14.5. The van der Waals surface area contributed by atoms with Crippen molar-refractivity contribution < 1.29 is 15.0 Å². The van der Waals surface area contributed by atoms with Crippen LogP contribution in [0.5, 0.6) is 0 Å². The molecule has 0 radical (unpaired) electrons. The van der Waals surface area contributed by atoms with Crippen LogP contribution in [0.15, 0.2) is 24.4 Å². The second kappa shape index (κ2) is 13.4. The van der Waals surface area contributed by atoms with Gasteiger partial charge in [-0.15, -0.1) is 24.8 Å². The Labute approximate surface area is 157 Å². The van der Waals surface area contributed by atoms with Crippen LogP contribution in [0.25, 0.3) is 0 Å². The van der Waals surface area contributed by atoms with E-state index in [1.54, 1.807) is 13.1 Å². The molecule has 1 aromatic heterocycles. The van der Waals surface area contributed by atoms with E-state index < -0.39 is 11.6 Å². The largest absolute Gasteiger partial charge is 0.481 e. The van der Waals surface area contributed by atoms with Crippen LogP contribution in [-0.4, -0.2) is 45.7 Å². The van der Waals surface area contributed by atoms with Crippen LogP contribution in [0.3, 0.4) is 0 Å². The fourth-order valence-electron chi connectivity index (χ4n) is 2.42. The van der Waals surface area contributed by atoms with Gasteiger partial charge in [-0.25, -0.2) is 0 Å². The molecule has 0 aliphatic carbocycles. The van der Waals surface area contributed by atoms with E-state index in [0.29, 0.717) is 0 Å². The van der Waals surface area contributed by atoms with Crippen LogP contribution in [0.4, 0.5) is 0 Å². The van der Waals surface area contributed by atoms with Crippen LogP contribution in [-0.2, 0) is 10.4 Å². The Morgan fingerprint density at radius 3 is 2.25 bits per heavy atom. The summed E-state index contributed by atoms with van der Waals surface area (Å²) in [5.41, 5.74) is 0.124. The molecule has 2 rings (SSSR count). The Balaban J connectivity index is 0. The number of hydrogen-bond acceptors (Lipinski definition) is 4. The number of unbranched alkanes of at least 4 members (excludes halogenated alkanes) is 1. The number of halogens is 2. The van der Waals surface area contributed by atoms with Crippen LogP contribution in [0, 0.1) is 0 Å². The highest BCUT2D eigenvalue weighted by atomic mass is 35.5. The third-order valence-electron chi connectivity index (χ3n) is 3.96. The van der Waals surface area contributed by atoms with Gasteiger partial charge < -0.3 is 15.1 Å². The van der Waals surface area contributed by atoms with Crippen molar-refractivity contribution in [2.75, 3.05) is 19.6 Å². The molecule has 7 heteroatoms. The molecular weight excluding hydrogens is 351 g/mol. The SMILES string of the molecule is CCC(=O)O.CCCCN1CCC(O)(c2ccccn2)CC1.Cl.Cl. The van der Waals surface area contributed by atoms with E-state index >= 15 is 0 Å². The van der Waals surface area contributed by atoms with E-state index in [4.69, 9.17) is 5.11 Å². The first-order valence-electron chi connectivity index (χ1n) is 8.10. The van der Waals surface area contributed by atoms with E-state index in [-0.39, 0.29) is 31.2 Å². The zero-order chi connectivity index (χ0) is 16.4. The lowest BCUT2D eigenvalue weighted by atomic mass is 9.87. The fraction of sp³-hybridized carbons (Fsp3) is 0.647. The zero-order valence-corrected chi connectivity index (χ0v) is 16.1. The van der Waals surface area contributed by atoms with Gasteiger partial charge in [-0.3, -0.25) is 9.78 Å². The second-order valence-corrected chi connectivity index (χ2v) is 5.69. The number of carboxylic acids is 1. The van der Waals surface area contributed by atoms with Gasteiger partial charge in [0.2, 0.25) is 0 Å². The number of aliphatic hydroxyl groups is 1. The predicted octanol–water partition coefficient (Wildman–Crippen LogP) is 3.49. The van der Waals surface area contributed by atoms with Crippen molar-refractivity contribution in [1.82, 2.24) is 9.88 Å². The summed E-state index contributed by atoms with van der Waals surface area (Å²) in [6.07, 6.45) is 6.07. The Kier molecular flexibility index (Phi) is 14.2. The third kappa shape index (κ3) is 8.83. The van der Waals surface area contributed by atoms with E-state index in [0.717, 1.165) is 38.2 Å². The molecule has 24 heavy (non-hydrogen) atoms. The van der Waals surface area contributed by atoms with Crippen LogP contribution in [0.1, 0.15) is 51.6 Å². The maximum absolute atomic E-state index is 10.6. The summed E-state index contributed by atoms with van der Waals surface area (Å²) in [5.74, 6) is -0.745. The lowest BCUT2D eigenvalue weighted by Crippen LogP contribution is -2.43. The summed E-state index contributed by atoms with van der Waals surface area (Å²) in [6, 6.07) is 5.77. The molecule has 1 saturated heterocycles. The molecule has 2 N–H and O–H groups in total. The molecule has 0 amide bonds. The lowest BCUT2D eigenvalue weighted by Gasteiger charge is -2.37. The highest BCUT2D eigenvalue weighted by Crippen LogP contribution is 2.31. The van der Waals surface area contributed by atoms with Crippen molar-refractivity contribution in [3.05, 3.63) is 30.1 Å². The van der Waals surface area contributed by atoms with Crippen molar-refractivity contribution >= 4 is 30.8 Å². The summed E-state index contributed by atoms with van der Waals surface area (Å²) in [7, 11) is 0. The number of piperidine rings is 1. The van der Waals surface area contributed by atoms with Gasteiger partial charge in [-0.2, -0.15) is 0 Å². The van der Waals surface area contributed by atoms with E-state index in [9.17, 15) is 9.90 Å². The minimum atomic E-state index is -0.745. The first-order chi connectivity index (χ1) is 10.5. The minimum absolute atomic E-state index is 0. The van der Waals surface area contributed by atoms with Crippen LogP contribution in [0.2, 0.25) is 0 Å². The molecule has 0 bridgehead atoms. The Hall–Kier alpha value is -0.880. The van der Waals surface area contributed by atoms with Crippen molar-refractivity contribution in [2.45, 2.75) is 51.6 Å². The number of rotatable bonds is 5.